The lowest BCUT2D eigenvalue weighted by Crippen LogP contribution is -2.34. The average Bonchev–Trinajstić information content (AvgIpc) is 3.40. The summed E-state index contributed by atoms with van der Waals surface area (Å²) in [6.45, 7) is 4.49. The minimum absolute atomic E-state index is 0.0204. The second-order valence-electron chi connectivity index (χ2n) is 7.50. The van der Waals surface area contributed by atoms with Gasteiger partial charge in [0.1, 0.15) is 5.75 Å². The first-order valence-electron chi connectivity index (χ1n) is 9.84. The van der Waals surface area contributed by atoms with Crippen molar-refractivity contribution in [2.45, 2.75) is 38.1 Å². The zero-order valence-corrected chi connectivity index (χ0v) is 15.9. The number of ether oxygens (including phenoxy) is 1. The molecule has 27 heavy (non-hydrogen) atoms. The number of para-hydroxylation sites is 1. The number of likely N-dealkylation sites (tertiary alicyclic amines) is 2. The number of amides is 1. The Hall–Kier alpha value is -2.34. The first-order chi connectivity index (χ1) is 13.2. The van der Waals surface area contributed by atoms with Gasteiger partial charge in [0.15, 0.2) is 0 Å². The van der Waals surface area contributed by atoms with Crippen molar-refractivity contribution in [3.05, 3.63) is 47.3 Å². The molecule has 1 aromatic carbocycles. The number of nitrogens with zero attached hydrogens (tertiary/aromatic N) is 3. The summed E-state index contributed by atoms with van der Waals surface area (Å²) in [5.41, 5.74) is 2.10. The first kappa shape index (κ1) is 18.0. The third-order valence-electron chi connectivity index (χ3n) is 5.64. The van der Waals surface area contributed by atoms with E-state index in [4.69, 9.17) is 9.26 Å². The van der Waals surface area contributed by atoms with Crippen molar-refractivity contribution in [1.29, 1.82) is 0 Å². The van der Waals surface area contributed by atoms with Gasteiger partial charge >= 0.3 is 0 Å². The molecular formula is C21H27N3O3. The fraction of sp³-hybridized carbons (Fsp3) is 0.524. The smallest absolute Gasteiger partial charge is 0.292 e. The Bertz CT molecular complexity index is 782. The van der Waals surface area contributed by atoms with Crippen LogP contribution in [0.2, 0.25) is 0 Å². The van der Waals surface area contributed by atoms with E-state index < -0.39 is 0 Å². The molecule has 0 radical (unpaired) electrons. The molecule has 2 aliphatic rings. The van der Waals surface area contributed by atoms with Crippen molar-refractivity contribution < 1.29 is 14.1 Å². The lowest BCUT2D eigenvalue weighted by Gasteiger charge is -2.32. The molecule has 0 N–H and O–H groups in total. The van der Waals surface area contributed by atoms with E-state index in [1.165, 1.54) is 5.56 Å². The summed E-state index contributed by atoms with van der Waals surface area (Å²) in [5, 5.41) is 4.23. The number of hydrogen-bond acceptors (Lipinski definition) is 5. The molecule has 144 valence electrons. The Labute approximate surface area is 160 Å². The van der Waals surface area contributed by atoms with Gasteiger partial charge in [-0.3, -0.25) is 9.69 Å². The van der Waals surface area contributed by atoms with Crippen LogP contribution in [-0.4, -0.2) is 54.2 Å². The highest BCUT2D eigenvalue weighted by Crippen LogP contribution is 2.29. The van der Waals surface area contributed by atoms with Gasteiger partial charge < -0.3 is 14.2 Å². The molecule has 2 aliphatic heterocycles. The third-order valence-corrected chi connectivity index (χ3v) is 5.64. The molecule has 2 saturated heterocycles. The molecule has 3 heterocycles. The van der Waals surface area contributed by atoms with Crippen molar-refractivity contribution in [1.82, 2.24) is 15.0 Å². The summed E-state index contributed by atoms with van der Waals surface area (Å²) in [6, 6.07) is 10.0. The predicted molar refractivity (Wildman–Crippen MR) is 102 cm³/mol. The number of carbonyl (C=O) groups excluding carboxylic acids is 1. The molecular weight excluding hydrogens is 342 g/mol. The first-order valence-corrected chi connectivity index (χ1v) is 9.84. The number of methoxy groups -OCH3 is 1. The van der Waals surface area contributed by atoms with Gasteiger partial charge in [-0.15, -0.1) is 0 Å². The van der Waals surface area contributed by atoms with Gasteiger partial charge in [0.2, 0.25) is 5.76 Å². The summed E-state index contributed by atoms with van der Waals surface area (Å²) < 4.78 is 10.9. The van der Waals surface area contributed by atoms with Crippen LogP contribution in [0.4, 0.5) is 0 Å². The maximum absolute atomic E-state index is 12.5. The highest BCUT2D eigenvalue weighted by molar-refractivity contribution is 5.91. The largest absolute Gasteiger partial charge is 0.496 e. The highest BCUT2D eigenvalue weighted by Gasteiger charge is 2.28. The second kappa shape index (κ2) is 8.13. The van der Waals surface area contributed by atoms with Gasteiger partial charge in [-0.05, 0) is 38.3 Å². The Balaban J connectivity index is 1.42. The summed E-state index contributed by atoms with van der Waals surface area (Å²) >= 11 is 0. The van der Waals surface area contributed by atoms with Gasteiger partial charge in [0.25, 0.3) is 5.91 Å². The molecule has 1 aromatic heterocycles. The number of rotatable bonds is 5. The van der Waals surface area contributed by atoms with E-state index in [1.54, 1.807) is 7.11 Å². The van der Waals surface area contributed by atoms with E-state index in [0.29, 0.717) is 11.7 Å². The molecule has 0 aliphatic carbocycles. The van der Waals surface area contributed by atoms with Gasteiger partial charge in [0.05, 0.1) is 12.8 Å². The van der Waals surface area contributed by atoms with Gasteiger partial charge in [-0.1, -0.05) is 23.4 Å². The Kier molecular flexibility index (Phi) is 5.43. The zero-order chi connectivity index (χ0) is 18.6. The van der Waals surface area contributed by atoms with Crippen LogP contribution in [0.25, 0.3) is 0 Å². The van der Waals surface area contributed by atoms with Crippen molar-refractivity contribution in [3.8, 4) is 5.75 Å². The van der Waals surface area contributed by atoms with E-state index in [2.05, 4.69) is 16.1 Å². The Morgan fingerprint density at radius 3 is 2.85 bits per heavy atom. The number of aromatic nitrogens is 1. The summed E-state index contributed by atoms with van der Waals surface area (Å²) in [5.74, 6) is 1.60. The van der Waals surface area contributed by atoms with Crippen LogP contribution in [-0.2, 0) is 6.54 Å². The molecule has 1 amide bonds. The average molecular weight is 369 g/mol. The van der Waals surface area contributed by atoms with E-state index in [-0.39, 0.29) is 5.91 Å². The number of carbonyl (C=O) groups is 1. The van der Waals surface area contributed by atoms with E-state index in [0.717, 1.165) is 69.9 Å². The molecule has 0 saturated carbocycles. The summed E-state index contributed by atoms with van der Waals surface area (Å²) in [6.07, 6.45) is 4.34. The van der Waals surface area contributed by atoms with Crippen LogP contribution < -0.4 is 4.74 Å². The van der Waals surface area contributed by atoms with Crippen LogP contribution in [0.15, 0.2) is 34.9 Å². The Morgan fingerprint density at radius 2 is 2.04 bits per heavy atom. The standard InChI is InChI=1S/C21H27N3O3/c1-26-19-9-3-2-7-17(19)15-23-10-6-8-16(14-23)18-13-20(27-22-18)21(25)24-11-4-5-12-24/h2-3,7,9,13,16H,4-6,8,10-12,14-15H2,1H3/t16-/m0/s1. The molecule has 6 nitrogen and oxygen atoms in total. The molecule has 0 spiro atoms. The van der Waals surface area contributed by atoms with Gasteiger partial charge in [-0.2, -0.15) is 0 Å². The summed E-state index contributed by atoms with van der Waals surface area (Å²) in [4.78, 5) is 16.8. The molecule has 0 bridgehead atoms. The molecule has 2 aromatic rings. The molecule has 4 rings (SSSR count). The fourth-order valence-corrected chi connectivity index (χ4v) is 4.17. The molecule has 0 unspecified atom stereocenters. The highest BCUT2D eigenvalue weighted by atomic mass is 16.5. The zero-order valence-electron chi connectivity index (χ0n) is 15.9. The quantitative estimate of drug-likeness (QED) is 0.809. The molecule has 6 heteroatoms. The lowest BCUT2D eigenvalue weighted by atomic mass is 9.94. The summed E-state index contributed by atoms with van der Waals surface area (Å²) in [7, 11) is 1.71. The minimum atomic E-state index is -0.0204. The van der Waals surface area contributed by atoms with Gasteiger partial charge in [0, 0.05) is 43.7 Å². The van der Waals surface area contributed by atoms with E-state index in [9.17, 15) is 4.79 Å². The molecule has 2 fully saturated rings. The number of hydrogen-bond donors (Lipinski definition) is 0. The third kappa shape index (κ3) is 4.00. The van der Waals surface area contributed by atoms with E-state index in [1.807, 2.05) is 29.2 Å². The van der Waals surface area contributed by atoms with Crippen molar-refractivity contribution in [2.75, 3.05) is 33.3 Å². The Morgan fingerprint density at radius 1 is 1.22 bits per heavy atom. The molecule has 1 atom stereocenters. The maximum Gasteiger partial charge on any atom is 0.292 e. The fourth-order valence-electron chi connectivity index (χ4n) is 4.17. The van der Waals surface area contributed by atoms with Crippen LogP contribution in [0.5, 0.6) is 5.75 Å². The second-order valence-corrected chi connectivity index (χ2v) is 7.50. The van der Waals surface area contributed by atoms with E-state index >= 15 is 0 Å². The maximum atomic E-state index is 12.5. The van der Waals surface area contributed by atoms with Crippen LogP contribution in [0.1, 0.15) is 53.4 Å². The predicted octanol–water partition coefficient (Wildman–Crippen LogP) is 3.30. The van der Waals surface area contributed by atoms with Gasteiger partial charge in [-0.25, -0.2) is 0 Å². The minimum Gasteiger partial charge on any atom is -0.496 e. The van der Waals surface area contributed by atoms with Crippen LogP contribution in [0.3, 0.4) is 0 Å². The van der Waals surface area contributed by atoms with Crippen molar-refractivity contribution in [3.63, 3.8) is 0 Å². The lowest BCUT2D eigenvalue weighted by molar-refractivity contribution is 0.0751. The van der Waals surface area contributed by atoms with Crippen molar-refractivity contribution >= 4 is 5.91 Å². The van der Waals surface area contributed by atoms with Crippen molar-refractivity contribution in [2.24, 2.45) is 0 Å². The number of benzene rings is 1. The van der Waals surface area contributed by atoms with Crippen LogP contribution >= 0.6 is 0 Å². The SMILES string of the molecule is COc1ccccc1CN1CCC[C@H](c2cc(C(=O)N3CCCC3)on2)C1. The normalized spacial score (nSPS) is 20.8. The topological polar surface area (TPSA) is 58.8 Å². The van der Waals surface area contributed by atoms with Crippen LogP contribution in [0, 0.1) is 0 Å². The number of piperidine rings is 1. The monoisotopic (exact) mass is 369 g/mol.